The Morgan fingerprint density at radius 2 is 2.27 bits per heavy atom. The van der Waals surface area contributed by atoms with Gasteiger partial charge in [0.2, 0.25) is 5.91 Å². The predicted octanol–water partition coefficient (Wildman–Crippen LogP) is 2.07. The van der Waals surface area contributed by atoms with Gasteiger partial charge in [0.15, 0.2) is 0 Å². The molecule has 1 aliphatic rings. The van der Waals surface area contributed by atoms with Crippen molar-refractivity contribution in [3.63, 3.8) is 0 Å². The molecule has 1 heterocycles. The molecule has 4 nitrogen and oxygen atoms in total. The van der Waals surface area contributed by atoms with Gasteiger partial charge in [0.05, 0.1) is 11.4 Å². The van der Waals surface area contributed by atoms with Crippen LogP contribution in [0.25, 0.3) is 0 Å². The molecule has 0 radical (unpaired) electrons. The van der Waals surface area contributed by atoms with Crippen molar-refractivity contribution in [2.45, 2.75) is 4.90 Å². The molecular weight excluding hydrogens is 236 g/mol. The Bertz CT molecular complexity index is 450. The second kappa shape index (κ2) is 3.75. The van der Waals surface area contributed by atoms with E-state index in [1.807, 2.05) is 0 Å². The average molecular weight is 243 g/mol. The molecule has 0 atom stereocenters. The SMILES string of the molecule is Nc1ccc2c(c1)N(C(=O)Cl)C(=O)CS2. The van der Waals surface area contributed by atoms with Gasteiger partial charge >= 0.3 is 5.37 Å². The van der Waals surface area contributed by atoms with Crippen molar-refractivity contribution in [3.05, 3.63) is 18.2 Å². The van der Waals surface area contributed by atoms with Gasteiger partial charge in [-0.05, 0) is 29.8 Å². The summed E-state index contributed by atoms with van der Waals surface area (Å²) in [6, 6.07) is 5.06. The summed E-state index contributed by atoms with van der Waals surface area (Å²) in [5.41, 5.74) is 6.55. The fourth-order valence-electron chi connectivity index (χ4n) is 1.36. The van der Waals surface area contributed by atoms with Crippen molar-refractivity contribution in [2.75, 3.05) is 16.4 Å². The first-order chi connectivity index (χ1) is 7.09. The number of nitrogen functional groups attached to an aromatic ring is 1. The minimum absolute atomic E-state index is 0.218. The standard InChI is InChI=1S/C9H7ClN2O2S/c10-9(14)12-6-3-5(11)1-2-7(6)15-4-8(12)13/h1-3H,4,11H2. The van der Waals surface area contributed by atoms with E-state index in [1.165, 1.54) is 11.8 Å². The van der Waals surface area contributed by atoms with Gasteiger partial charge in [-0.25, -0.2) is 4.90 Å². The van der Waals surface area contributed by atoms with Gasteiger partial charge in [-0.2, -0.15) is 0 Å². The number of hydrogen-bond donors (Lipinski definition) is 1. The number of imide groups is 1. The minimum Gasteiger partial charge on any atom is -0.399 e. The fourth-order valence-corrected chi connectivity index (χ4v) is 2.42. The first kappa shape index (κ1) is 10.3. The predicted molar refractivity (Wildman–Crippen MR) is 60.3 cm³/mol. The molecule has 1 aromatic rings. The number of benzene rings is 1. The van der Waals surface area contributed by atoms with E-state index in [1.54, 1.807) is 18.2 Å². The van der Waals surface area contributed by atoms with Crippen molar-refractivity contribution in [3.8, 4) is 0 Å². The van der Waals surface area contributed by atoms with E-state index in [4.69, 9.17) is 17.3 Å². The van der Waals surface area contributed by atoms with Gasteiger partial charge in [-0.15, -0.1) is 11.8 Å². The number of rotatable bonds is 0. The highest BCUT2D eigenvalue weighted by molar-refractivity contribution is 8.00. The van der Waals surface area contributed by atoms with Crippen LogP contribution in [0.5, 0.6) is 0 Å². The lowest BCUT2D eigenvalue weighted by molar-refractivity contribution is -0.115. The van der Waals surface area contributed by atoms with E-state index in [2.05, 4.69) is 0 Å². The minimum atomic E-state index is -0.799. The van der Waals surface area contributed by atoms with Gasteiger partial charge in [-0.1, -0.05) is 0 Å². The summed E-state index contributed by atoms with van der Waals surface area (Å²) in [4.78, 5) is 24.4. The van der Waals surface area contributed by atoms with Crippen LogP contribution in [0.2, 0.25) is 0 Å². The number of fused-ring (bicyclic) bond motifs is 1. The molecule has 0 aliphatic carbocycles. The van der Waals surface area contributed by atoms with E-state index in [0.29, 0.717) is 11.4 Å². The number of thioether (sulfide) groups is 1. The number of hydrogen-bond acceptors (Lipinski definition) is 4. The van der Waals surface area contributed by atoms with Crippen LogP contribution in [-0.2, 0) is 4.79 Å². The molecule has 0 saturated heterocycles. The molecule has 1 aliphatic heterocycles. The van der Waals surface area contributed by atoms with Crippen LogP contribution in [0.3, 0.4) is 0 Å². The Morgan fingerprint density at radius 1 is 1.53 bits per heavy atom. The van der Waals surface area contributed by atoms with Crippen LogP contribution in [0.4, 0.5) is 16.2 Å². The number of carbonyl (C=O) groups excluding carboxylic acids is 2. The van der Waals surface area contributed by atoms with Crippen LogP contribution in [0, 0.1) is 0 Å². The van der Waals surface area contributed by atoms with Crippen LogP contribution >= 0.6 is 23.4 Å². The maximum Gasteiger partial charge on any atom is 0.327 e. The molecule has 0 aromatic heterocycles. The van der Waals surface area contributed by atoms with Crippen LogP contribution in [-0.4, -0.2) is 17.0 Å². The molecule has 2 rings (SSSR count). The molecule has 78 valence electrons. The first-order valence-corrected chi connectivity index (χ1v) is 5.50. The van der Waals surface area contributed by atoms with Crippen LogP contribution in [0.1, 0.15) is 0 Å². The van der Waals surface area contributed by atoms with Gasteiger partial charge in [-0.3, -0.25) is 9.59 Å². The normalized spacial score (nSPS) is 15.0. The number of carbonyl (C=O) groups is 2. The molecule has 2 N–H and O–H groups in total. The maximum atomic E-state index is 11.5. The molecule has 0 fully saturated rings. The van der Waals surface area contributed by atoms with Gasteiger partial charge in [0.1, 0.15) is 0 Å². The van der Waals surface area contributed by atoms with E-state index < -0.39 is 5.37 Å². The Morgan fingerprint density at radius 3 is 2.93 bits per heavy atom. The van der Waals surface area contributed by atoms with E-state index >= 15 is 0 Å². The molecule has 0 saturated carbocycles. The van der Waals surface area contributed by atoms with Crippen molar-refractivity contribution in [1.82, 2.24) is 0 Å². The zero-order valence-corrected chi connectivity index (χ0v) is 9.14. The summed E-state index contributed by atoms with van der Waals surface area (Å²) in [5, 5.41) is -0.799. The summed E-state index contributed by atoms with van der Waals surface area (Å²) in [5.74, 6) is -0.104. The molecule has 0 unspecified atom stereocenters. The van der Waals surface area contributed by atoms with Crippen molar-refractivity contribution < 1.29 is 9.59 Å². The molecule has 0 spiro atoms. The number of amides is 2. The molecule has 2 amide bonds. The van der Waals surface area contributed by atoms with Gasteiger partial charge in [0.25, 0.3) is 0 Å². The molecule has 6 heteroatoms. The third kappa shape index (κ3) is 1.80. The van der Waals surface area contributed by atoms with Crippen molar-refractivity contribution in [1.29, 1.82) is 0 Å². The van der Waals surface area contributed by atoms with E-state index in [9.17, 15) is 9.59 Å². The lowest BCUT2D eigenvalue weighted by atomic mass is 10.2. The number of anilines is 2. The number of nitrogens with two attached hydrogens (primary N) is 1. The van der Waals surface area contributed by atoms with E-state index in [0.717, 1.165) is 9.80 Å². The van der Waals surface area contributed by atoms with Crippen LogP contribution < -0.4 is 10.6 Å². The smallest absolute Gasteiger partial charge is 0.327 e. The molecule has 0 bridgehead atoms. The number of nitrogens with zero attached hydrogens (tertiary/aromatic N) is 1. The summed E-state index contributed by atoms with van der Waals surface area (Å²) in [7, 11) is 0. The molecular formula is C9H7ClN2O2S. The van der Waals surface area contributed by atoms with E-state index in [-0.39, 0.29) is 11.7 Å². The third-order valence-corrected chi connectivity index (χ3v) is 3.22. The van der Waals surface area contributed by atoms with Gasteiger partial charge < -0.3 is 5.73 Å². The highest BCUT2D eigenvalue weighted by atomic mass is 35.5. The largest absolute Gasteiger partial charge is 0.399 e. The first-order valence-electron chi connectivity index (χ1n) is 4.14. The Labute approximate surface area is 95.4 Å². The maximum absolute atomic E-state index is 11.5. The second-order valence-corrected chi connectivity index (χ2v) is 4.34. The lowest BCUT2D eigenvalue weighted by Crippen LogP contribution is -2.37. The summed E-state index contributed by atoms with van der Waals surface area (Å²) in [6.07, 6.45) is 0. The fraction of sp³-hybridized carbons (Fsp3) is 0.111. The second-order valence-electron chi connectivity index (χ2n) is 3.00. The Hall–Kier alpha value is -1.20. The van der Waals surface area contributed by atoms with Crippen LogP contribution in [0.15, 0.2) is 23.1 Å². The Kier molecular flexibility index (Phi) is 2.58. The molecule has 15 heavy (non-hydrogen) atoms. The monoisotopic (exact) mass is 242 g/mol. The van der Waals surface area contributed by atoms with Gasteiger partial charge in [0, 0.05) is 10.6 Å². The summed E-state index contributed by atoms with van der Waals surface area (Å²) >= 11 is 6.72. The summed E-state index contributed by atoms with van der Waals surface area (Å²) in [6.45, 7) is 0. The molecule has 1 aromatic carbocycles. The lowest BCUT2D eigenvalue weighted by Gasteiger charge is -2.25. The summed E-state index contributed by atoms with van der Waals surface area (Å²) < 4.78 is 0. The topological polar surface area (TPSA) is 63.4 Å². The Balaban J connectivity index is 2.55. The highest BCUT2D eigenvalue weighted by Crippen LogP contribution is 2.37. The average Bonchev–Trinajstić information content (AvgIpc) is 2.16. The zero-order valence-electron chi connectivity index (χ0n) is 7.57. The van der Waals surface area contributed by atoms with Crippen molar-refractivity contribution >= 4 is 46.0 Å². The van der Waals surface area contributed by atoms with Crippen molar-refractivity contribution in [2.24, 2.45) is 0 Å². The third-order valence-electron chi connectivity index (χ3n) is 2.00. The quantitative estimate of drug-likeness (QED) is 0.430. The number of halogens is 1. The highest BCUT2D eigenvalue weighted by Gasteiger charge is 2.28. The zero-order chi connectivity index (χ0) is 11.0.